The van der Waals surface area contributed by atoms with E-state index in [0.29, 0.717) is 23.5 Å². The Labute approximate surface area is 176 Å². The van der Waals surface area contributed by atoms with Gasteiger partial charge in [0.25, 0.3) is 0 Å². The van der Waals surface area contributed by atoms with Crippen molar-refractivity contribution in [3.8, 4) is 10.4 Å². The third-order valence-corrected chi connectivity index (χ3v) is 6.37. The fraction of sp³-hybridized carbons (Fsp3) is 0.182. The molecule has 0 fully saturated rings. The van der Waals surface area contributed by atoms with Crippen molar-refractivity contribution >= 4 is 50.5 Å². The van der Waals surface area contributed by atoms with Crippen LogP contribution in [0.2, 0.25) is 0 Å². The molecule has 4 rings (SSSR count). The minimum atomic E-state index is -0.413. The molecule has 0 bridgehead atoms. The van der Waals surface area contributed by atoms with E-state index in [4.69, 9.17) is 4.74 Å². The van der Waals surface area contributed by atoms with Crippen molar-refractivity contribution in [2.75, 3.05) is 11.9 Å². The summed E-state index contributed by atoms with van der Waals surface area (Å²) in [5, 5.41) is 8.45. The van der Waals surface area contributed by atoms with Gasteiger partial charge in [-0.15, -0.1) is 22.7 Å². The van der Waals surface area contributed by atoms with E-state index in [1.165, 1.54) is 11.3 Å². The largest absolute Gasteiger partial charge is 0.462 e. The minimum absolute atomic E-state index is 0.132. The van der Waals surface area contributed by atoms with Crippen LogP contribution in [-0.4, -0.2) is 23.1 Å². The molecule has 0 saturated heterocycles. The average molecular weight is 425 g/mol. The molecule has 0 atom stereocenters. The van der Waals surface area contributed by atoms with E-state index in [2.05, 4.69) is 16.0 Å². The van der Waals surface area contributed by atoms with Gasteiger partial charge in [-0.1, -0.05) is 24.3 Å². The normalized spacial score (nSPS) is 10.9. The molecule has 0 radical (unpaired) electrons. The molecule has 5 nitrogen and oxygen atoms in total. The Morgan fingerprint density at radius 3 is 2.76 bits per heavy atom. The quantitative estimate of drug-likeness (QED) is 0.391. The van der Waals surface area contributed by atoms with Gasteiger partial charge in [0, 0.05) is 40.5 Å². The number of aryl methyl sites for hydroxylation is 1. The van der Waals surface area contributed by atoms with Gasteiger partial charge in [-0.3, -0.25) is 4.79 Å². The summed E-state index contributed by atoms with van der Waals surface area (Å²) in [5.74, 6) is -0.545. The third kappa shape index (κ3) is 4.11. The van der Waals surface area contributed by atoms with Crippen LogP contribution in [0.1, 0.15) is 23.7 Å². The maximum Gasteiger partial charge on any atom is 0.341 e. The van der Waals surface area contributed by atoms with Crippen LogP contribution in [0.3, 0.4) is 0 Å². The molecular formula is C22H20N2O3S2. The molecular weight excluding hydrogens is 404 g/mol. The van der Waals surface area contributed by atoms with Crippen molar-refractivity contribution in [1.82, 2.24) is 4.57 Å². The molecule has 0 unspecified atom stereocenters. The van der Waals surface area contributed by atoms with Gasteiger partial charge in [-0.05, 0) is 35.9 Å². The van der Waals surface area contributed by atoms with Crippen LogP contribution in [0, 0.1) is 0 Å². The molecule has 4 aromatic rings. The van der Waals surface area contributed by atoms with Crippen molar-refractivity contribution in [2.45, 2.75) is 19.9 Å². The number of nitrogens with zero attached hydrogens (tertiary/aromatic N) is 1. The van der Waals surface area contributed by atoms with E-state index in [0.717, 1.165) is 21.3 Å². The molecule has 3 aromatic heterocycles. The van der Waals surface area contributed by atoms with Crippen LogP contribution < -0.4 is 5.32 Å². The van der Waals surface area contributed by atoms with Gasteiger partial charge in [-0.2, -0.15) is 0 Å². The summed E-state index contributed by atoms with van der Waals surface area (Å²) in [6, 6.07) is 14.0. The van der Waals surface area contributed by atoms with Crippen molar-refractivity contribution in [3.05, 3.63) is 65.0 Å². The summed E-state index contributed by atoms with van der Waals surface area (Å²) in [5.41, 5.74) is 2.33. The highest BCUT2D eigenvalue weighted by atomic mass is 32.1. The molecule has 0 saturated carbocycles. The smallest absolute Gasteiger partial charge is 0.341 e. The number of hydrogen-bond donors (Lipinski definition) is 1. The predicted octanol–water partition coefficient (Wildman–Crippen LogP) is 5.64. The molecule has 1 amide bonds. The molecule has 148 valence electrons. The number of hydrogen-bond acceptors (Lipinski definition) is 5. The van der Waals surface area contributed by atoms with Gasteiger partial charge in [0.05, 0.1) is 6.61 Å². The lowest BCUT2D eigenvalue weighted by Gasteiger charge is -2.09. The number of aromatic nitrogens is 1. The van der Waals surface area contributed by atoms with E-state index >= 15 is 0 Å². The first-order valence-electron chi connectivity index (χ1n) is 9.33. The van der Waals surface area contributed by atoms with Crippen molar-refractivity contribution < 1.29 is 14.3 Å². The third-order valence-electron chi connectivity index (χ3n) is 4.57. The fourth-order valence-corrected chi connectivity index (χ4v) is 5.00. The van der Waals surface area contributed by atoms with Gasteiger partial charge in [0.1, 0.15) is 10.6 Å². The standard InChI is InChI=1S/C22H20N2O3S2/c1-2-27-22(26)20-16(18-8-5-13-28-18)14-29-21(20)23-19(25)10-12-24-11-9-15-6-3-4-7-17(15)24/h3-9,11,13-14H,2,10,12H2,1H3,(H,23,25). The van der Waals surface area contributed by atoms with Crippen LogP contribution in [0.25, 0.3) is 21.3 Å². The zero-order valence-corrected chi connectivity index (χ0v) is 17.5. The van der Waals surface area contributed by atoms with Crippen molar-refractivity contribution in [3.63, 3.8) is 0 Å². The summed E-state index contributed by atoms with van der Waals surface area (Å²) < 4.78 is 7.29. The van der Waals surface area contributed by atoms with Crippen LogP contribution in [0.5, 0.6) is 0 Å². The number of para-hydroxylation sites is 1. The Bertz CT molecular complexity index is 1140. The molecule has 3 heterocycles. The summed E-state index contributed by atoms with van der Waals surface area (Å²) in [7, 11) is 0. The van der Waals surface area contributed by atoms with Crippen molar-refractivity contribution in [1.29, 1.82) is 0 Å². The van der Waals surface area contributed by atoms with Crippen LogP contribution >= 0.6 is 22.7 Å². The van der Waals surface area contributed by atoms with E-state index in [9.17, 15) is 9.59 Å². The van der Waals surface area contributed by atoms with Crippen molar-refractivity contribution in [2.24, 2.45) is 0 Å². The number of benzene rings is 1. The highest BCUT2D eigenvalue weighted by Crippen LogP contribution is 2.38. The van der Waals surface area contributed by atoms with Crippen LogP contribution in [-0.2, 0) is 16.1 Å². The summed E-state index contributed by atoms with van der Waals surface area (Å²) in [6.45, 7) is 2.62. The average Bonchev–Trinajstić information content (AvgIpc) is 3.46. The Hall–Kier alpha value is -2.90. The minimum Gasteiger partial charge on any atom is -0.462 e. The molecule has 0 aliphatic carbocycles. The summed E-state index contributed by atoms with van der Waals surface area (Å²) >= 11 is 2.90. The number of thiophene rings is 2. The second kappa shape index (κ2) is 8.63. The number of carbonyl (C=O) groups excluding carboxylic acids is 2. The van der Waals surface area contributed by atoms with E-state index < -0.39 is 5.97 Å². The van der Waals surface area contributed by atoms with Gasteiger partial charge < -0.3 is 14.6 Å². The maximum absolute atomic E-state index is 12.6. The molecule has 0 aliphatic heterocycles. The lowest BCUT2D eigenvalue weighted by molar-refractivity contribution is -0.116. The Morgan fingerprint density at radius 1 is 1.10 bits per heavy atom. The lowest BCUT2D eigenvalue weighted by Crippen LogP contribution is -2.16. The number of carbonyl (C=O) groups is 2. The van der Waals surface area contributed by atoms with Gasteiger partial charge in [-0.25, -0.2) is 4.79 Å². The zero-order chi connectivity index (χ0) is 20.2. The van der Waals surface area contributed by atoms with Crippen LogP contribution in [0.15, 0.2) is 59.4 Å². The predicted molar refractivity (Wildman–Crippen MR) is 119 cm³/mol. The van der Waals surface area contributed by atoms with Gasteiger partial charge >= 0.3 is 5.97 Å². The number of rotatable bonds is 7. The Kier molecular flexibility index (Phi) is 5.78. The van der Waals surface area contributed by atoms with Gasteiger partial charge in [0.2, 0.25) is 5.91 Å². The zero-order valence-electron chi connectivity index (χ0n) is 15.9. The summed E-state index contributed by atoms with van der Waals surface area (Å²) in [4.78, 5) is 26.1. The Balaban J connectivity index is 1.51. The second-order valence-corrected chi connectivity index (χ2v) is 8.24. The molecule has 1 aromatic carbocycles. The number of fused-ring (bicyclic) bond motifs is 1. The topological polar surface area (TPSA) is 60.3 Å². The first kappa shape index (κ1) is 19.4. The first-order chi connectivity index (χ1) is 14.2. The first-order valence-corrected chi connectivity index (χ1v) is 11.1. The van der Waals surface area contributed by atoms with Gasteiger partial charge in [0.15, 0.2) is 0 Å². The highest BCUT2D eigenvalue weighted by Gasteiger charge is 2.23. The Morgan fingerprint density at radius 2 is 1.97 bits per heavy atom. The van der Waals surface area contributed by atoms with E-state index in [1.54, 1.807) is 18.3 Å². The number of ether oxygens (including phenoxy) is 1. The molecule has 7 heteroatoms. The van der Waals surface area contributed by atoms with Crippen LogP contribution in [0.4, 0.5) is 5.00 Å². The number of anilines is 1. The maximum atomic E-state index is 12.6. The number of nitrogens with one attached hydrogen (secondary N) is 1. The summed E-state index contributed by atoms with van der Waals surface area (Å²) in [6.07, 6.45) is 2.30. The monoisotopic (exact) mass is 424 g/mol. The lowest BCUT2D eigenvalue weighted by atomic mass is 10.1. The molecule has 0 spiro atoms. The van der Waals surface area contributed by atoms with E-state index in [-0.39, 0.29) is 12.5 Å². The SMILES string of the molecule is CCOC(=O)c1c(-c2cccs2)csc1NC(=O)CCn1ccc2ccccc21. The fourth-order valence-electron chi connectivity index (χ4n) is 3.22. The number of amides is 1. The molecule has 0 aliphatic rings. The highest BCUT2D eigenvalue weighted by molar-refractivity contribution is 7.17. The molecule has 1 N–H and O–H groups in total. The number of esters is 1. The molecule has 29 heavy (non-hydrogen) atoms. The second-order valence-electron chi connectivity index (χ2n) is 6.42. The van der Waals surface area contributed by atoms with E-state index in [1.807, 2.05) is 53.4 Å².